The normalized spacial score (nSPS) is 12.6. The standard InChI is InChI=1S/C15H18N2OS/c1-11-14(19-10-16-11)9-17(3)12(2)15(18)13-7-5-4-6-8-13/h4-8,10,12H,9H2,1-3H3. The molecule has 0 N–H and O–H groups in total. The van der Waals surface area contributed by atoms with E-state index in [1.807, 2.05) is 56.7 Å². The van der Waals surface area contributed by atoms with Gasteiger partial charge in [-0.05, 0) is 20.9 Å². The van der Waals surface area contributed by atoms with Gasteiger partial charge in [0.2, 0.25) is 0 Å². The molecule has 2 rings (SSSR count). The minimum Gasteiger partial charge on any atom is -0.292 e. The highest BCUT2D eigenvalue weighted by atomic mass is 32.1. The van der Waals surface area contributed by atoms with Crippen LogP contribution in [0.5, 0.6) is 0 Å². The fourth-order valence-electron chi connectivity index (χ4n) is 1.89. The number of carbonyl (C=O) groups excluding carboxylic acids is 1. The van der Waals surface area contributed by atoms with Gasteiger partial charge >= 0.3 is 0 Å². The van der Waals surface area contributed by atoms with E-state index in [1.165, 1.54) is 4.88 Å². The van der Waals surface area contributed by atoms with E-state index in [9.17, 15) is 4.79 Å². The molecule has 1 unspecified atom stereocenters. The first-order valence-corrected chi connectivity index (χ1v) is 7.16. The molecule has 0 radical (unpaired) electrons. The molecule has 1 atom stereocenters. The summed E-state index contributed by atoms with van der Waals surface area (Å²) in [5.41, 5.74) is 3.67. The summed E-state index contributed by atoms with van der Waals surface area (Å²) in [6, 6.07) is 9.31. The van der Waals surface area contributed by atoms with Crippen LogP contribution in [0.15, 0.2) is 35.8 Å². The summed E-state index contributed by atoms with van der Waals surface area (Å²) in [5, 5.41) is 0. The lowest BCUT2D eigenvalue weighted by molar-refractivity contribution is 0.0863. The number of ketones is 1. The number of hydrogen-bond donors (Lipinski definition) is 0. The molecule has 1 aromatic heterocycles. The number of carbonyl (C=O) groups is 1. The summed E-state index contributed by atoms with van der Waals surface area (Å²) in [5.74, 6) is 0.158. The van der Waals surface area contributed by atoms with E-state index < -0.39 is 0 Å². The van der Waals surface area contributed by atoms with Gasteiger partial charge in [0.05, 0.1) is 17.2 Å². The van der Waals surface area contributed by atoms with Crippen molar-refractivity contribution in [1.29, 1.82) is 0 Å². The summed E-state index contributed by atoms with van der Waals surface area (Å²) < 4.78 is 0. The Kier molecular flexibility index (Phi) is 4.45. The highest BCUT2D eigenvalue weighted by Gasteiger charge is 2.20. The van der Waals surface area contributed by atoms with Crippen LogP contribution in [0, 0.1) is 6.92 Å². The fourth-order valence-corrected chi connectivity index (χ4v) is 2.72. The van der Waals surface area contributed by atoms with Crippen LogP contribution in [0.2, 0.25) is 0 Å². The van der Waals surface area contributed by atoms with Crippen molar-refractivity contribution in [1.82, 2.24) is 9.88 Å². The Morgan fingerprint density at radius 3 is 2.63 bits per heavy atom. The molecule has 0 fully saturated rings. The van der Waals surface area contributed by atoms with Crippen molar-refractivity contribution in [2.45, 2.75) is 26.4 Å². The molecule has 2 aromatic rings. The maximum atomic E-state index is 12.3. The van der Waals surface area contributed by atoms with Gasteiger partial charge in [-0.2, -0.15) is 0 Å². The lowest BCUT2D eigenvalue weighted by Gasteiger charge is -2.23. The van der Waals surface area contributed by atoms with E-state index >= 15 is 0 Å². The molecule has 1 heterocycles. The van der Waals surface area contributed by atoms with E-state index in [4.69, 9.17) is 0 Å². The van der Waals surface area contributed by atoms with Crippen molar-refractivity contribution in [3.63, 3.8) is 0 Å². The Balaban J connectivity index is 2.05. The quantitative estimate of drug-likeness (QED) is 0.785. The zero-order valence-corrected chi connectivity index (χ0v) is 12.3. The molecule has 0 aliphatic heterocycles. The molecule has 0 aliphatic carbocycles. The average molecular weight is 274 g/mol. The lowest BCUT2D eigenvalue weighted by atomic mass is 10.0. The monoisotopic (exact) mass is 274 g/mol. The number of Topliss-reactive ketones (excluding diaryl/α,β-unsaturated/α-hetero) is 1. The van der Waals surface area contributed by atoms with Gasteiger partial charge in [-0.25, -0.2) is 4.98 Å². The number of aromatic nitrogens is 1. The molecule has 0 saturated heterocycles. The minimum absolute atomic E-state index is 0.135. The van der Waals surface area contributed by atoms with E-state index in [0.717, 1.165) is 17.8 Å². The van der Waals surface area contributed by atoms with Gasteiger partial charge < -0.3 is 0 Å². The predicted molar refractivity (Wildman–Crippen MR) is 78.6 cm³/mol. The van der Waals surface area contributed by atoms with Gasteiger partial charge in [0.25, 0.3) is 0 Å². The van der Waals surface area contributed by atoms with E-state index in [0.29, 0.717) is 0 Å². The Bertz CT molecular complexity index is 550. The number of likely N-dealkylation sites (N-methyl/N-ethyl adjacent to an activating group) is 1. The van der Waals surface area contributed by atoms with Gasteiger partial charge in [0.15, 0.2) is 5.78 Å². The number of rotatable bonds is 5. The third-order valence-corrected chi connectivity index (χ3v) is 4.26. The van der Waals surface area contributed by atoms with Crippen LogP contribution in [0.1, 0.15) is 27.9 Å². The zero-order chi connectivity index (χ0) is 13.8. The summed E-state index contributed by atoms with van der Waals surface area (Å²) in [6.07, 6.45) is 0. The lowest BCUT2D eigenvalue weighted by Crippen LogP contribution is -2.35. The summed E-state index contributed by atoms with van der Waals surface area (Å²) in [6.45, 7) is 4.71. The van der Waals surface area contributed by atoms with Crippen LogP contribution >= 0.6 is 11.3 Å². The maximum Gasteiger partial charge on any atom is 0.179 e. The molecule has 0 aliphatic rings. The minimum atomic E-state index is -0.135. The highest BCUT2D eigenvalue weighted by Crippen LogP contribution is 2.17. The smallest absolute Gasteiger partial charge is 0.179 e. The number of hydrogen-bond acceptors (Lipinski definition) is 4. The summed E-state index contributed by atoms with van der Waals surface area (Å²) >= 11 is 1.64. The highest BCUT2D eigenvalue weighted by molar-refractivity contribution is 7.09. The molecule has 0 saturated carbocycles. The van der Waals surface area contributed by atoms with Gasteiger partial charge in [-0.3, -0.25) is 9.69 Å². The van der Waals surface area contributed by atoms with E-state index in [2.05, 4.69) is 9.88 Å². The van der Waals surface area contributed by atoms with Crippen LogP contribution in [-0.4, -0.2) is 28.8 Å². The Hall–Kier alpha value is -1.52. The van der Waals surface area contributed by atoms with Gasteiger partial charge in [-0.1, -0.05) is 30.3 Å². The first-order chi connectivity index (χ1) is 9.09. The van der Waals surface area contributed by atoms with Gasteiger partial charge in [0, 0.05) is 17.0 Å². The van der Waals surface area contributed by atoms with Gasteiger partial charge in [-0.15, -0.1) is 11.3 Å². The van der Waals surface area contributed by atoms with Crippen molar-refractivity contribution in [2.75, 3.05) is 7.05 Å². The molecule has 1 aromatic carbocycles. The number of thiazole rings is 1. The predicted octanol–water partition coefficient (Wildman–Crippen LogP) is 3.15. The zero-order valence-electron chi connectivity index (χ0n) is 11.5. The molecule has 0 amide bonds. The van der Waals surface area contributed by atoms with Crippen LogP contribution in [0.3, 0.4) is 0 Å². The second-order valence-electron chi connectivity index (χ2n) is 4.68. The third kappa shape index (κ3) is 3.28. The number of nitrogens with zero attached hydrogens (tertiary/aromatic N) is 2. The topological polar surface area (TPSA) is 33.2 Å². The van der Waals surface area contributed by atoms with E-state index in [1.54, 1.807) is 11.3 Å². The van der Waals surface area contributed by atoms with Crippen LogP contribution in [0.4, 0.5) is 0 Å². The maximum absolute atomic E-state index is 12.3. The molecule has 0 spiro atoms. The van der Waals surface area contributed by atoms with Crippen molar-refractivity contribution >= 4 is 17.1 Å². The number of benzene rings is 1. The largest absolute Gasteiger partial charge is 0.292 e. The second kappa shape index (κ2) is 6.08. The molecular weight excluding hydrogens is 256 g/mol. The first kappa shape index (κ1) is 13.9. The number of aryl methyl sites for hydroxylation is 1. The van der Waals surface area contributed by atoms with Crippen LogP contribution < -0.4 is 0 Å². The molecule has 0 bridgehead atoms. The summed E-state index contributed by atoms with van der Waals surface area (Å²) in [7, 11) is 1.98. The summed E-state index contributed by atoms with van der Waals surface area (Å²) in [4.78, 5) is 19.9. The Morgan fingerprint density at radius 2 is 2.05 bits per heavy atom. The molecular formula is C15H18N2OS. The first-order valence-electron chi connectivity index (χ1n) is 6.28. The average Bonchev–Trinajstić information content (AvgIpc) is 2.83. The van der Waals surface area contributed by atoms with Crippen molar-refractivity contribution in [2.24, 2.45) is 0 Å². The van der Waals surface area contributed by atoms with Crippen LogP contribution in [-0.2, 0) is 6.54 Å². The van der Waals surface area contributed by atoms with Crippen LogP contribution in [0.25, 0.3) is 0 Å². The van der Waals surface area contributed by atoms with Crippen molar-refractivity contribution in [3.05, 3.63) is 52.0 Å². The molecule has 100 valence electrons. The Morgan fingerprint density at radius 1 is 1.37 bits per heavy atom. The van der Waals surface area contributed by atoms with Crippen molar-refractivity contribution in [3.8, 4) is 0 Å². The molecule has 4 heteroatoms. The molecule has 19 heavy (non-hydrogen) atoms. The SMILES string of the molecule is Cc1ncsc1CN(C)C(C)C(=O)c1ccccc1. The second-order valence-corrected chi connectivity index (χ2v) is 5.62. The third-order valence-electron chi connectivity index (χ3n) is 3.34. The van der Waals surface area contributed by atoms with Crippen molar-refractivity contribution < 1.29 is 4.79 Å². The van der Waals surface area contributed by atoms with Gasteiger partial charge in [0.1, 0.15) is 0 Å². The fraction of sp³-hybridized carbons (Fsp3) is 0.333. The van der Waals surface area contributed by atoms with E-state index in [-0.39, 0.29) is 11.8 Å². The Labute approximate surface area is 117 Å². The molecule has 3 nitrogen and oxygen atoms in total.